The Hall–Kier alpha value is -2.98. The van der Waals surface area contributed by atoms with Crippen LogP contribution in [0.2, 0.25) is 0 Å². The van der Waals surface area contributed by atoms with Crippen LogP contribution in [-0.2, 0) is 11.3 Å². The number of rotatable bonds is 4. The number of aromatic nitrogens is 3. The van der Waals surface area contributed by atoms with Crippen LogP contribution in [0.5, 0.6) is 0 Å². The first kappa shape index (κ1) is 15.9. The van der Waals surface area contributed by atoms with Crippen LogP contribution < -0.4 is 11.0 Å². The lowest BCUT2D eigenvalue weighted by molar-refractivity contribution is 0.190. The highest BCUT2D eigenvalue weighted by Gasteiger charge is 2.13. The highest BCUT2D eigenvalue weighted by Crippen LogP contribution is 2.11. The lowest BCUT2D eigenvalue weighted by atomic mass is 10.2. The molecular weight excluding hydrogens is 306 g/mol. The standard InChI is InChI=1S/C17H17N5O2/c1-11-4-5-14-20-16-13(17(23)22(14)10-11)8-12(9-18)15(19)21(16)6-3-7-24-2/h4-5,8,10,19H,3,6-7H2,1-2H3. The van der Waals surface area contributed by atoms with Crippen LogP contribution in [0.3, 0.4) is 0 Å². The molecule has 0 saturated carbocycles. The van der Waals surface area contributed by atoms with E-state index in [1.54, 1.807) is 23.9 Å². The normalized spacial score (nSPS) is 11.0. The third-order valence-corrected chi connectivity index (χ3v) is 3.91. The van der Waals surface area contributed by atoms with Crippen LogP contribution >= 0.6 is 0 Å². The zero-order chi connectivity index (χ0) is 17.3. The molecule has 0 aliphatic rings. The van der Waals surface area contributed by atoms with Gasteiger partial charge in [0.25, 0.3) is 5.56 Å². The molecule has 24 heavy (non-hydrogen) atoms. The summed E-state index contributed by atoms with van der Waals surface area (Å²) in [5, 5.41) is 17.8. The summed E-state index contributed by atoms with van der Waals surface area (Å²) in [6.45, 7) is 2.87. The molecule has 0 atom stereocenters. The lowest BCUT2D eigenvalue weighted by Gasteiger charge is -2.12. The second-order valence-electron chi connectivity index (χ2n) is 5.61. The molecule has 0 amide bonds. The molecule has 0 bridgehead atoms. The highest BCUT2D eigenvalue weighted by atomic mass is 16.5. The van der Waals surface area contributed by atoms with Gasteiger partial charge in [-0.2, -0.15) is 5.26 Å². The number of nitriles is 1. The number of methoxy groups -OCH3 is 1. The quantitative estimate of drug-likeness (QED) is 0.579. The van der Waals surface area contributed by atoms with E-state index < -0.39 is 0 Å². The molecule has 0 aromatic carbocycles. The Morgan fingerprint density at radius 2 is 2.21 bits per heavy atom. The summed E-state index contributed by atoms with van der Waals surface area (Å²) in [6, 6.07) is 7.10. The van der Waals surface area contributed by atoms with E-state index in [0.717, 1.165) is 5.56 Å². The van der Waals surface area contributed by atoms with E-state index in [0.29, 0.717) is 36.3 Å². The van der Waals surface area contributed by atoms with Gasteiger partial charge < -0.3 is 9.30 Å². The van der Waals surface area contributed by atoms with Crippen molar-refractivity contribution < 1.29 is 4.74 Å². The molecule has 0 aliphatic heterocycles. The van der Waals surface area contributed by atoms with Gasteiger partial charge in [-0.1, -0.05) is 6.07 Å². The van der Waals surface area contributed by atoms with E-state index >= 15 is 0 Å². The first-order valence-corrected chi connectivity index (χ1v) is 7.57. The van der Waals surface area contributed by atoms with Gasteiger partial charge in [0.05, 0.1) is 10.9 Å². The van der Waals surface area contributed by atoms with E-state index in [2.05, 4.69) is 4.98 Å². The van der Waals surface area contributed by atoms with E-state index in [1.807, 2.05) is 19.1 Å². The molecule has 3 aromatic rings. The van der Waals surface area contributed by atoms with Crippen LogP contribution in [-0.4, -0.2) is 27.7 Å². The molecule has 0 aliphatic carbocycles. The van der Waals surface area contributed by atoms with Gasteiger partial charge in [-0.25, -0.2) is 4.98 Å². The van der Waals surface area contributed by atoms with E-state index in [4.69, 9.17) is 10.1 Å². The number of ether oxygens (including phenoxy) is 1. The molecular formula is C17H17N5O2. The minimum absolute atomic E-state index is 0.0597. The Morgan fingerprint density at radius 1 is 1.42 bits per heavy atom. The van der Waals surface area contributed by atoms with Crippen LogP contribution in [0.1, 0.15) is 17.5 Å². The fraction of sp³-hybridized carbons (Fsp3) is 0.294. The van der Waals surface area contributed by atoms with Crippen molar-refractivity contribution in [2.24, 2.45) is 0 Å². The zero-order valence-corrected chi connectivity index (χ0v) is 13.5. The van der Waals surface area contributed by atoms with Crippen molar-refractivity contribution in [1.82, 2.24) is 14.0 Å². The van der Waals surface area contributed by atoms with E-state index in [-0.39, 0.29) is 16.6 Å². The molecule has 0 unspecified atom stereocenters. The predicted octanol–water partition coefficient (Wildman–Crippen LogP) is 1.35. The molecule has 0 spiro atoms. The van der Waals surface area contributed by atoms with Crippen molar-refractivity contribution in [3.63, 3.8) is 0 Å². The maximum Gasteiger partial charge on any atom is 0.267 e. The number of aryl methyl sites for hydroxylation is 2. The number of hydrogen-bond acceptors (Lipinski definition) is 5. The molecule has 0 saturated heterocycles. The van der Waals surface area contributed by atoms with Crippen molar-refractivity contribution >= 4 is 16.7 Å². The summed E-state index contributed by atoms with van der Waals surface area (Å²) in [5.74, 6) is 0. The minimum atomic E-state index is -0.240. The van der Waals surface area contributed by atoms with E-state index in [9.17, 15) is 10.1 Å². The largest absolute Gasteiger partial charge is 0.385 e. The second-order valence-corrected chi connectivity index (χ2v) is 5.61. The third kappa shape index (κ3) is 2.57. The fourth-order valence-electron chi connectivity index (χ4n) is 2.71. The lowest BCUT2D eigenvalue weighted by Crippen LogP contribution is -2.28. The molecule has 1 N–H and O–H groups in total. The van der Waals surface area contributed by atoms with Crippen molar-refractivity contribution in [3.05, 3.63) is 51.4 Å². The Morgan fingerprint density at radius 3 is 2.92 bits per heavy atom. The number of nitrogens with one attached hydrogen (secondary N) is 1. The minimum Gasteiger partial charge on any atom is -0.385 e. The average Bonchev–Trinajstić information content (AvgIpc) is 2.58. The molecule has 3 rings (SSSR count). The van der Waals surface area contributed by atoms with E-state index in [1.165, 1.54) is 10.5 Å². The first-order valence-electron chi connectivity index (χ1n) is 7.57. The molecule has 0 fully saturated rings. The van der Waals surface area contributed by atoms with Gasteiger partial charge in [0, 0.05) is 26.5 Å². The second kappa shape index (κ2) is 6.26. The van der Waals surface area contributed by atoms with Gasteiger partial charge in [0.2, 0.25) is 0 Å². The van der Waals surface area contributed by atoms with Gasteiger partial charge in [0.15, 0.2) is 0 Å². The number of fused-ring (bicyclic) bond motifs is 2. The highest BCUT2D eigenvalue weighted by molar-refractivity contribution is 5.77. The van der Waals surface area contributed by atoms with Crippen LogP contribution in [0.4, 0.5) is 0 Å². The van der Waals surface area contributed by atoms with Gasteiger partial charge >= 0.3 is 0 Å². The maximum atomic E-state index is 12.8. The van der Waals surface area contributed by atoms with Crippen LogP contribution in [0, 0.1) is 23.7 Å². The van der Waals surface area contributed by atoms with Crippen LogP contribution in [0.15, 0.2) is 29.2 Å². The molecule has 3 aromatic heterocycles. The van der Waals surface area contributed by atoms with Gasteiger partial charge in [0.1, 0.15) is 22.9 Å². The molecule has 3 heterocycles. The smallest absolute Gasteiger partial charge is 0.267 e. The predicted molar refractivity (Wildman–Crippen MR) is 88.8 cm³/mol. The summed E-state index contributed by atoms with van der Waals surface area (Å²) >= 11 is 0. The van der Waals surface area contributed by atoms with Gasteiger partial charge in [-0.15, -0.1) is 0 Å². The SMILES string of the molecule is COCCCn1c(=N)c(C#N)cc2c(=O)n3cc(C)ccc3nc21. The molecule has 7 nitrogen and oxygen atoms in total. The van der Waals surface area contributed by atoms with Crippen molar-refractivity contribution in [3.8, 4) is 6.07 Å². The summed E-state index contributed by atoms with van der Waals surface area (Å²) < 4.78 is 8.13. The average molecular weight is 323 g/mol. The molecule has 7 heteroatoms. The Bertz CT molecular complexity index is 1090. The Kier molecular flexibility index (Phi) is 4.15. The summed E-state index contributed by atoms with van der Waals surface area (Å²) in [4.78, 5) is 17.4. The van der Waals surface area contributed by atoms with Crippen molar-refractivity contribution in [2.45, 2.75) is 19.9 Å². The summed E-state index contributed by atoms with van der Waals surface area (Å²) in [5.41, 5.74) is 1.86. The van der Waals surface area contributed by atoms with Gasteiger partial charge in [-0.3, -0.25) is 14.6 Å². The van der Waals surface area contributed by atoms with Crippen LogP contribution in [0.25, 0.3) is 16.7 Å². The topological polar surface area (TPSA) is 96.2 Å². The first-order chi connectivity index (χ1) is 11.6. The zero-order valence-electron chi connectivity index (χ0n) is 13.5. The maximum absolute atomic E-state index is 12.8. The van der Waals surface area contributed by atoms with Gasteiger partial charge in [-0.05, 0) is 31.0 Å². The van der Waals surface area contributed by atoms with Crippen molar-refractivity contribution in [1.29, 1.82) is 10.7 Å². The number of pyridine rings is 2. The Labute approximate surface area is 137 Å². The third-order valence-electron chi connectivity index (χ3n) is 3.91. The molecule has 0 radical (unpaired) electrons. The fourth-order valence-corrected chi connectivity index (χ4v) is 2.71. The number of nitrogens with zero attached hydrogens (tertiary/aromatic N) is 4. The molecule has 122 valence electrons. The summed E-state index contributed by atoms with van der Waals surface area (Å²) in [7, 11) is 1.61. The monoisotopic (exact) mass is 323 g/mol. The Balaban J connectivity index is 2.39. The van der Waals surface area contributed by atoms with Crippen molar-refractivity contribution in [2.75, 3.05) is 13.7 Å². The number of hydrogen-bond donors (Lipinski definition) is 1. The summed E-state index contributed by atoms with van der Waals surface area (Å²) in [6.07, 6.45) is 2.38.